The van der Waals surface area contributed by atoms with E-state index >= 15 is 0 Å². The first-order chi connectivity index (χ1) is 9.47. The highest BCUT2D eigenvalue weighted by atomic mass is 19.1. The van der Waals surface area contributed by atoms with Crippen LogP contribution in [0.3, 0.4) is 0 Å². The van der Waals surface area contributed by atoms with Crippen molar-refractivity contribution in [1.82, 2.24) is 5.32 Å². The molecule has 1 aliphatic heterocycles. The van der Waals surface area contributed by atoms with E-state index in [1.54, 1.807) is 0 Å². The van der Waals surface area contributed by atoms with Crippen LogP contribution in [0.1, 0.15) is 23.2 Å². The van der Waals surface area contributed by atoms with Crippen molar-refractivity contribution in [3.8, 4) is 0 Å². The SMILES string of the molecule is Nc1cc(C(=O)NC2(CO)CCOCC2)c(F)cc1F. The fraction of sp³-hybridized carbons (Fsp3) is 0.462. The van der Waals surface area contributed by atoms with Gasteiger partial charge in [-0.05, 0) is 18.9 Å². The van der Waals surface area contributed by atoms with Crippen LogP contribution in [0.5, 0.6) is 0 Å². The Hall–Kier alpha value is -1.73. The summed E-state index contributed by atoms with van der Waals surface area (Å²) in [5.74, 6) is -2.64. The zero-order valence-electron chi connectivity index (χ0n) is 10.8. The topological polar surface area (TPSA) is 84.6 Å². The fourth-order valence-electron chi connectivity index (χ4n) is 2.13. The van der Waals surface area contributed by atoms with Gasteiger partial charge >= 0.3 is 0 Å². The van der Waals surface area contributed by atoms with Gasteiger partial charge in [0.2, 0.25) is 0 Å². The standard InChI is InChI=1S/C13H16F2N2O3/c14-9-6-10(15)11(16)5-8(9)12(19)17-13(7-18)1-3-20-4-2-13/h5-6,18H,1-4,7,16H2,(H,17,19). The third-order valence-electron chi connectivity index (χ3n) is 3.46. The summed E-state index contributed by atoms with van der Waals surface area (Å²) in [7, 11) is 0. The van der Waals surface area contributed by atoms with Crippen molar-refractivity contribution in [2.75, 3.05) is 25.6 Å². The minimum Gasteiger partial charge on any atom is -0.396 e. The summed E-state index contributed by atoms with van der Waals surface area (Å²) in [5.41, 5.74) is 3.84. The van der Waals surface area contributed by atoms with Gasteiger partial charge in [-0.15, -0.1) is 0 Å². The molecule has 4 N–H and O–H groups in total. The second-order valence-electron chi connectivity index (χ2n) is 4.86. The number of carbonyl (C=O) groups excluding carboxylic acids is 1. The number of nitrogen functional groups attached to an aromatic ring is 1. The van der Waals surface area contributed by atoms with Crippen LogP contribution in [-0.4, -0.2) is 36.4 Å². The molecule has 1 amide bonds. The average molecular weight is 286 g/mol. The van der Waals surface area contributed by atoms with E-state index < -0.39 is 23.1 Å². The van der Waals surface area contributed by atoms with E-state index in [2.05, 4.69) is 5.32 Å². The maximum Gasteiger partial charge on any atom is 0.254 e. The van der Waals surface area contributed by atoms with Crippen LogP contribution in [0.25, 0.3) is 0 Å². The largest absolute Gasteiger partial charge is 0.396 e. The van der Waals surface area contributed by atoms with Crippen LogP contribution in [0.4, 0.5) is 14.5 Å². The van der Waals surface area contributed by atoms with Crippen LogP contribution in [0.2, 0.25) is 0 Å². The van der Waals surface area contributed by atoms with Crippen molar-refractivity contribution < 1.29 is 23.4 Å². The number of rotatable bonds is 3. The first-order valence-electron chi connectivity index (χ1n) is 6.23. The van der Waals surface area contributed by atoms with E-state index in [4.69, 9.17) is 10.5 Å². The third-order valence-corrected chi connectivity index (χ3v) is 3.46. The molecule has 1 saturated heterocycles. The monoisotopic (exact) mass is 286 g/mol. The number of aliphatic hydroxyl groups is 1. The van der Waals surface area contributed by atoms with Gasteiger partial charge in [-0.3, -0.25) is 4.79 Å². The first kappa shape index (κ1) is 14.7. The van der Waals surface area contributed by atoms with Crippen molar-refractivity contribution >= 4 is 11.6 Å². The van der Waals surface area contributed by atoms with Gasteiger partial charge in [-0.1, -0.05) is 0 Å². The number of benzene rings is 1. The Kier molecular flexibility index (Phi) is 4.20. The average Bonchev–Trinajstić information content (AvgIpc) is 2.43. The molecule has 0 bridgehead atoms. The number of carbonyl (C=O) groups is 1. The van der Waals surface area contributed by atoms with E-state index in [0.717, 1.165) is 6.07 Å². The molecule has 7 heteroatoms. The molecule has 1 heterocycles. The van der Waals surface area contributed by atoms with Gasteiger partial charge in [-0.25, -0.2) is 8.78 Å². The predicted molar refractivity (Wildman–Crippen MR) is 68.1 cm³/mol. The molecule has 0 unspecified atom stereocenters. The van der Waals surface area contributed by atoms with E-state index in [-0.39, 0.29) is 17.9 Å². The predicted octanol–water partition coefficient (Wildman–Crippen LogP) is 0.818. The molecule has 1 fully saturated rings. The molecule has 0 atom stereocenters. The minimum atomic E-state index is -0.991. The summed E-state index contributed by atoms with van der Waals surface area (Å²) < 4.78 is 31.9. The Morgan fingerprint density at radius 2 is 2.00 bits per heavy atom. The van der Waals surface area contributed by atoms with Crippen molar-refractivity contribution in [2.45, 2.75) is 18.4 Å². The molecule has 0 saturated carbocycles. The Morgan fingerprint density at radius 1 is 1.35 bits per heavy atom. The Labute approximate surface area is 114 Å². The van der Waals surface area contributed by atoms with Crippen LogP contribution in [0.15, 0.2) is 12.1 Å². The molecule has 0 spiro atoms. The van der Waals surface area contributed by atoms with Gasteiger partial charge in [0, 0.05) is 19.3 Å². The maximum atomic E-state index is 13.6. The summed E-state index contributed by atoms with van der Waals surface area (Å²) in [6.07, 6.45) is 0.848. The number of nitrogens with one attached hydrogen (secondary N) is 1. The smallest absolute Gasteiger partial charge is 0.254 e. The molecule has 0 aliphatic carbocycles. The van der Waals surface area contributed by atoms with E-state index in [1.807, 2.05) is 0 Å². The second-order valence-corrected chi connectivity index (χ2v) is 4.86. The molecule has 20 heavy (non-hydrogen) atoms. The zero-order chi connectivity index (χ0) is 14.8. The van der Waals surface area contributed by atoms with Crippen LogP contribution >= 0.6 is 0 Å². The Balaban J connectivity index is 2.21. The molecule has 5 nitrogen and oxygen atoms in total. The lowest BCUT2D eigenvalue weighted by Gasteiger charge is -2.36. The fourth-order valence-corrected chi connectivity index (χ4v) is 2.13. The van der Waals surface area contributed by atoms with Crippen LogP contribution in [0, 0.1) is 11.6 Å². The highest BCUT2D eigenvalue weighted by Gasteiger charge is 2.34. The van der Waals surface area contributed by atoms with Crippen molar-refractivity contribution in [3.63, 3.8) is 0 Å². The van der Waals surface area contributed by atoms with Gasteiger partial charge in [-0.2, -0.15) is 0 Å². The van der Waals surface area contributed by atoms with Crippen molar-refractivity contribution in [3.05, 3.63) is 29.3 Å². The number of amides is 1. The highest BCUT2D eigenvalue weighted by Crippen LogP contribution is 2.22. The number of anilines is 1. The highest BCUT2D eigenvalue weighted by molar-refractivity contribution is 5.95. The van der Waals surface area contributed by atoms with E-state index in [1.165, 1.54) is 0 Å². The van der Waals surface area contributed by atoms with E-state index in [9.17, 15) is 18.7 Å². The summed E-state index contributed by atoms with van der Waals surface area (Å²) in [4.78, 5) is 12.1. The van der Waals surface area contributed by atoms with Crippen LogP contribution in [-0.2, 0) is 4.74 Å². The summed E-state index contributed by atoms with van der Waals surface area (Å²) in [5, 5.41) is 12.1. The first-order valence-corrected chi connectivity index (χ1v) is 6.23. The summed E-state index contributed by atoms with van der Waals surface area (Å²) in [6.45, 7) is 0.518. The number of nitrogens with two attached hydrogens (primary N) is 1. The molecule has 110 valence electrons. The number of hydrogen-bond acceptors (Lipinski definition) is 4. The lowest BCUT2D eigenvalue weighted by atomic mass is 9.90. The lowest BCUT2D eigenvalue weighted by Crippen LogP contribution is -2.54. The number of hydrogen-bond donors (Lipinski definition) is 3. The van der Waals surface area contributed by atoms with Gasteiger partial charge in [0.1, 0.15) is 11.6 Å². The van der Waals surface area contributed by atoms with Gasteiger partial charge < -0.3 is 20.9 Å². The minimum absolute atomic E-state index is 0.277. The molecular weight excluding hydrogens is 270 g/mol. The third kappa shape index (κ3) is 2.88. The lowest BCUT2D eigenvalue weighted by molar-refractivity contribution is 0.0124. The number of ether oxygens (including phenoxy) is 1. The molecule has 2 rings (SSSR count). The van der Waals surface area contributed by atoms with Gasteiger partial charge in [0.15, 0.2) is 0 Å². The molecule has 0 radical (unpaired) electrons. The quantitative estimate of drug-likeness (QED) is 0.718. The van der Waals surface area contributed by atoms with Gasteiger partial charge in [0.25, 0.3) is 5.91 Å². The normalized spacial score (nSPS) is 17.8. The van der Waals surface area contributed by atoms with Gasteiger partial charge in [0.05, 0.1) is 23.4 Å². The van der Waals surface area contributed by atoms with Crippen molar-refractivity contribution in [1.29, 1.82) is 0 Å². The molecule has 1 aliphatic rings. The second kappa shape index (κ2) is 5.72. The maximum absolute atomic E-state index is 13.6. The summed E-state index contributed by atoms with van der Waals surface area (Å²) in [6, 6.07) is 1.52. The zero-order valence-corrected chi connectivity index (χ0v) is 10.8. The molecule has 0 aromatic heterocycles. The summed E-state index contributed by atoms with van der Waals surface area (Å²) >= 11 is 0. The van der Waals surface area contributed by atoms with E-state index in [0.29, 0.717) is 32.1 Å². The molecular formula is C13H16F2N2O3. The number of aliphatic hydroxyl groups excluding tert-OH is 1. The molecule has 1 aromatic rings. The van der Waals surface area contributed by atoms with Crippen molar-refractivity contribution in [2.24, 2.45) is 0 Å². The Bertz CT molecular complexity index is 517. The van der Waals surface area contributed by atoms with Crippen LogP contribution < -0.4 is 11.1 Å². The Morgan fingerprint density at radius 3 is 2.60 bits per heavy atom. The number of halogens is 2. The molecule has 1 aromatic carbocycles.